The van der Waals surface area contributed by atoms with Crippen LogP contribution in [0.2, 0.25) is 10.2 Å². The van der Waals surface area contributed by atoms with E-state index in [1.165, 1.54) is 11.3 Å². The quantitative estimate of drug-likeness (QED) is 0.898. The average molecular weight is 259 g/mol. The summed E-state index contributed by atoms with van der Waals surface area (Å²) in [5, 5.41) is 7.03. The van der Waals surface area contributed by atoms with Crippen molar-refractivity contribution in [1.29, 1.82) is 0 Å². The first-order chi connectivity index (χ1) is 7.25. The van der Waals surface area contributed by atoms with Crippen LogP contribution in [-0.2, 0) is 6.54 Å². The Morgan fingerprint density at radius 1 is 1.27 bits per heavy atom. The maximum absolute atomic E-state index is 6.01. The van der Waals surface area contributed by atoms with E-state index in [1.54, 1.807) is 5.38 Å². The fourth-order valence-corrected chi connectivity index (χ4v) is 2.19. The van der Waals surface area contributed by atoms with Gasteiger partial charge in [-0.2, -0.15) is 0 Å². The van der Waals surface area contributed by atoms with E-state index in [4.69, 9.17) is 23.2 Å². The van der Waals surface area contributed by atoms with E-state index in [-0.39, 0.29) is 0 Å². The third kappa shape index (κ3) is 2.84. The van der Waals surface area contributed by atoms with E-state index < -0.39 is 0 Å². The number of halogens is 2. The van der Waals surface area contributed by atoms with Gasteiger partial charge < -0.3 is 5.32 Å². The van der Waals surface area contributed by atoms with E-state index in [0.717, 1.165) is 15.7 Å². The average Bonchev–Trinajstić information content (AvgIpc) is 2.63. The third-order valence-corrected chi connectivity index (χ3v) is 3.36. The first kappa shape index (κ1) is 10.7. The Hall–Kier alpha value is -0.770. The second kappa shape index (κ2) is 4.84. The van der Waals surface area contributed by atoms with Crippen LogP contribution in [-0.4, -0.2) is 4.98 Å². The van der Waals surface area contributed by atoms with Crippen molar-refractivity contribution < 1.29 is 0 Å². The summed E-state index contributed by atoms with van der Waals surface area (Å²) in [6.07, 6.45) is 0. The molecule has 0 unspecified atom stereocenters. The lowest BCUT2D eigenvalue weighted by Crippen LogP contribution is -1.99. The minimum absolute atomic E-state index is 0.515. The zero-order valence-electron chi connectivity index (χ0n) is 7.71. The molecule has 0 spiro atoms. The van der Waals surface area contributed by atoms with E-state index in [0.29, 0.717) is 11.7 Å². The van der Waals surface area contributed by atoms with Crippen LogP contribution in [0, 0.1) is 0 Å². The molecule has 0 saturated heterocycles. The third-order valence-electron chi connectivity index (χ3n) is 1.86. The summed E-state index contributed by atoms with van der Waals surface area (Å²) in [4.78, 5) is 4.09. The molecule has 0 aliphatic heterocycles. The molecule has 78 valence electrons. The lowest BCUT2D eigenvalue weighted by molar-refractivity contribution is 1.13. The molecule has 15 heavy (non-hydrogen) atoms. The number of nitrogens with zero attached hydrogens (tertiary/aromatic N) is 1. The fourth-order valence-electron chi connectivity index (χ4n) is 1.15. The second-order valence-corrected chi connectivity index (χ2v) is 4.57. The van der Waals surface area contributed by atoms with E-state index >= 15 is 0 Å². The first-order valence-corrected chi connectivity index (χ1v) is 5.97. The van der Waals surface area contributed by atoms with Gasteiger partial charge in [-0.05, 0) is 11.6 Å². The zero-order chi connectivity index (χ0) is 10.7. The van der Waals surface area contributed by atoms with E-state index in [1.807, 2.05) is 24.3 Å². The number of nitrogens with one attached hydrogen (secondary N) is 1. The summed E-state index contributed by atoms with van der Waals surface area (Å²) in [5.74, 6) is 0. The van der Waals surface area contributed by atoms with Crippen molar-refractivity contribution in [3.05, 3.63) is 45.4 Å². The number of hydrogen-bond acceptors (Lipinski definition) is 3. The van der Waals surface area contributed by atoms with Crippen LogP contribution < -0.4 is 5.32 Å². The molecule has 1 heterocycles. The normalized spacial score (nSPS) is 10.3. The van der Waals surface area contributed by atoms with Crippen LogP contribution >= 0.6 is 34.5 Å². The van der Waals surface area contributed by atoms with E-state index in [9.17, 15) is 0 Å². The van der Waals surface area contributed by atoms with Gasteiger partial charge in [-0.25, -0.2) is 4.98 Å². The highest BCUT2D eigenvalue weighted by atomic mass is 35.5. The van der Waals surface area contributed by atoms with Crippen LogP contribution in [0.4, 0.5) is 5.13 Å². The Balaban J connectivity index is 2.02. The van der Waals surface area contributed by atoms with E-state index in [2.05, 4.69) is 10.3 Å². The lowest BCUT2D eigenvalue weighted by atomic mass is 10.2. The van der Waals surface area contributed by atoms with Crippen LogP contribution in [0.5, 0.6) is 0 Å². The molecule has 0 fully saturated rings. The van der Waals surface area contributed by atoms with Crippen molar-refractivity contribution in [2.24, 2.45) is 0 Å². The van der Waals surface area contributed by atoms with Gasteiger partial charge in [-0.15, -0.1) is 11.3 Å². The Kier molecular flexibility index (Phi) is 3.46. The molecule has 2 rings (SSSR count). The Morgan fingerprint density at radius 3 is 2.73 bits per heavy atom. The van der Waals surface area contributed by atoms with Crippen molar-refractivity contribution in [2.45, 2.75) is 6.54 Å². The van der Waals surface area contributed by atoms with Gasteiger partial charge in [-0.3, -0.25) is 0 Å². The highest BCUT2D eigenvalue weighted by Crippen LogP contribution is 2.21. The van der Waals surface area contributed by atoms with Crippen LogP contribution in [0.1, 0.15) is 5.56 Å². The molecule has 0 saturated carbocycles. The second-order valence-electron chi connectivity index (χ2n) is 2.92. The molecule has 1 aromatic carbocycles. The molecule has 1 aromatic heterocycles. The Bertz CT molecular complexity index is 456. The molecule has 1 N–H and O–H groups in total. The van der Waals surface area contributed by atoms with Gasteiger partial charge >= 0.3 is 0 Å². The predicted octanol–water partition coefficient (Wildman–Crippen LogP) is 4.06. The smallest absolute Gasteiger partial charge is 0.184 e. The topological polar surface area (TPSA) is 24.9 Å². The maximum atomic E-state index is 6.01. The molecule has 0 radical (unpaired) electrons. The molecule has 0 aliphatic carbocycles. The highest BCUT2D eigenvalue weighted by Gasteiger charge is 2.01. The first-order valence-electron chi connectivity index (χ1n) is 4.34. The Morgan fingerprint density at radius 2 is 2.07 bits per heavy atom. The van der Waals surface area contributed by atoms with Crippen LogP contribution in [0.25, 0.3) is 0 Å². The van der Waals surface area contributed by atoms with Crippen molar-refractivity contribution in [3.8, 4) is 0 Å². The minimum Gasteiger partial charge on any atom is -0.357 e. The van der Waals surface area contributed by atoms with Gasteiger partial charge in [0.2, 0.25) is 0 Å². The van der Waals surface area contributed by atoms with Gasteiger partial charge in [0.1, 0.15) is 5.15 Å². The number of aromatic nitrogens is 1. The molecule has 2 nitrogen and oxygen atoms in total. The van der Waals surface area contributed by atoms with Gasteiger partial charge in [-0.1, -0.05) is 41.4 Å². The van der Waals surface area contributed by atoms with Gasteiger partial charge in [0, 0.05) is 16.9 Å². The monoisotopic (exact) mass is 258 g/mol. The molecule has 0 aliphatic rings. The lowest BCUT2D eigenvalue weighted by Gasteiger charge is -2.04. The highest BCUT2D eigenvalue weighted by molar-refractivity contribution is 7.14. The predicted molar refractivity (Wildman–Crippen MR) is 65.9 cm³/mol. The molecule has 5 heteroatoms. The zero-order valence-corrected chi connectivity index (χ0v) is 10.0. The summed E-state index contributed by atoms with van der Waals surface area (Å²) in [5.41, 5.74) is 1.05. The largest absolute Gasteiger partial charge is 0.357 e. The van der Waals surface area contributed by atoms with Gasteiger partial charge in [0.25, 0.3) is 0 Å². The maximum Gasteiger partial charge on any atom is 0.184 e. The number of anilines is 1. The van der Waals surface area contributed by atoms with Crippen molar-refractivity contribution in [3.63, 3.8) is 0 Å². The van der Waals surface area contributed by atoms with Crippen LogP contribution in [0.3, 0.4) is 0 Å². The molecular weight excluding hydrogens is 251 g/mol. The van der Waals surface area contributed by atoms with Crippen molar-refractivity contribution in [1.82, 2.24) is 4.98 Å². The summed E-state index contributed by atoms with van der Waals surface area (Å²) in [7, 11) is 0. The van der Waals surface area contributed by atoms with Crippen molar-refractivity contribution >= 4 is 39.7 Å². The molecule has 2 aromatic rings. The van der Waals surface area contributed by atoms with Gasteiger partial charge in [0.15, 0.2) is 5.13 Å². The molecule has 0 amide bonds. The summed E-state index contributed by atoms with van der Waals surface area (Å²) < 4.78 is 0. The van der Waals surface area contributed by atoms with Crippen LogP contribution in [0.15, 0.2) is 29.6 Å². The number of thiazole rings is 1. The van der Waals surface area contributed by atoms with Gasteiger partial charge in [0.05, 0.1) is 0 Å². The van der Waals surface area contributed by atoms with Crippen molar-refractivity contribution in [2.75, 3.05) is 5.32 Å². The number of benzene rings is 1. The standard InChI is InChI=1S/C10H8Cl2N2S/c11-8-4-2-1-3-7(8)5-13-10-14-9(12)6-15-10/h1-4,6H,5H2,(H,13,14). The Labute approximate surface area is 102 Å². The fraction of sp³-hybridized carbons (Fsp3) is 0.100. The number of rotatable bonds is 3. The summed E-state index contributed by atoms with van der Waals surface area (Å²) >= 11 is 13.2. The minimum atomic E-state index is 0.515. The summed E-state index contributed by atoms with van der Waals surface area (Å²) in [6, 6.07) is 7.71. The molecule has 0 bridgehead atoms. The molecule has 0 atom stereocenters. The SMILES string of the molecule is Clc1csc(NCc2ccccc2Cl)n1. The summed E-state index contributed by atoms with van der Waals surface area (Å²) in [6.45, 7) is 0.656. The molecular formula is C10H8Cl2N2S. The number of hydrogen-bond donors (Lipinski definition) is 1.